The van der Waals surface area contributed by atoms with Crippen molar-refractivity contribution in [2.45, 2.75) is 59.8 Å². The Kier molecular flexibility index (Phi) is 4.93. The first kappa shape index (κ1) is 15.2. The molecule has 0 saturated heterocycles. The molecule has 1 aliphatic heterocycles. The summed E-state index contributed by atoms with van der Waals surface area (Å²) in [5.41, 5.74) is 1.95. The van der Waals surface area contributed by atoms with Crippen molar-refractivity contribution < 1.29 is 9.84 Å². The van der Waals surface area contributed by atoms with Gasteiger partial charge in [-0.25, -0.2) is 0 Å². The maximum absolute atomic E-state index is 9.27. The second-order valence-electron chi connectivity index (χ2n) is 5.04. The summed E-state index contributed by atoms with van der Waals surface area (Å²) in [6.07, 6.45) is 1.72. The van der Waals surface area contributed by atoms with E-state index in [1.807, 2.05) is 24.7 Å². The van der Waals surface area contributed by atoms with Crippen molar-refractivity contribution in [1.82, 2.24) is 9.78 Å². The van der Waals surface area contributed by atoms with Crippen LogP contribution in [0.25, 0.3) is 0 Å². The summed E-state index contributed by atoms with van der Waals surface area (Å²) < 4.78 is 8.01. The van der Waals surface area contributed by atoms with E-state index >= 15 is 0 Å². The highest BCUT2D eigenvalue weighted by Crippen LogP contribution is 2.39. The van der Waals surface area contributed by atoms with Crippen LogP contribution in [0.4, 0.5) is 0 Å². The second-order valence-corrected chi connectivity index (χ2v) is 5.04. The van der Waals surface area contributed by atoms with Crippen LogP contribution < -0.4 is 0 Å². The lowest BCUT2D eigenvalue weighted by Crippen LogP contribution is -2.46. The molecule has 1 aromatic heterocycles. The lowest BCUT2D eigenvalue weighted by molar-refractivity contribution is -0.158. The largest absolute Gasteiger partial charge is 0.394 e. The zero-order valence-electron chi connectivity index (χ0n) is 12.4. The van der Waals surface area contributed by atoms with Crippen molar-refractivity contribution >= 4 is 0 Å². The average Bonchev–Trinajstić information content (AvgIpc) is 2.74. The molecule has 0 radical (unpaired) electrons. The number of aromatic nitrogens is 2. The zero-order chi connectivity index (χ0) is 13.9. The Hall–Kier alpha value is -0.870. The molecule has 2 heterocycles. The van der Waals surface area contributed by atoms with Crippen molar-refractivity contribution in [3.63, 3.8) is 0 Å². The Morgan fingerprint density at radius 1 is 1.56 bits per heavy atom. The molecule has 4 nitrogen and oxygen atoms in total. The first-order valence-corrected chi connectivity index (χ1v) is 6.80. The average molecular weight is 254 g/mol. The molecule has 1 aliphatic rings. The zero-order valence-corrected chi connectivity index (χ0v) is 12.4. The second kappa shape index (κ2) is 5.85. The summed E-state index contributed by atoms with van der Waals surface area (Å²) in [7, 11) is 0. The highest BCUT2D eigenvalue weighted by Gasteiger charge is 2.42. The van der Waals surface area contributed by atoms with E-state index < -0.39 is 0 Å². The monoisotopic (exact) mass is 254 g/mol. The normalized spacial score (nSPS) is 26.6. The Bertz CT molecular complexity index is 387. The van der Waals surface area contributed by atoms with Crippen LogP contribution in [0.2, 0.25) is 0 Å². The topological polar surface area (TPSA) is 47.3 Å². The van der Waals surface area contributed by atoms with E-state index in [4.69, 9.17) is 4.74 Å². The quantitative estimate of drug-likeness (QED) is 0.882. The molecule has 0 aliphatic carbocycles. The Morgan fingerprint density at radius 2 is 2.17 bits per heavy atom. The molecule has 4 heteroatoms. The predicted octanol–water partition coefficient (Wildman–Crippen LogP) is 2.48. The summed E-state index contributed by atoms with van der Waals surface area (Å²) in [6, 6.07) is 0. The van der Waals surface area contributed by atoms with Gasteiger partial charge in [-0.05, 0) is 25.3 Å². The molecule has 1 aromatic rings. The van der Waals surface area contributed by atoms with Crippen molar-refractivity contribution in [3.8, 4) is 0 Å². The lowest BCUT2D eigenvalue weighted by Gasteiger charge is -2.42. The fourth-order valence-electron chi connectivity index (χ4n) is 2.40. The van der Waals surface area contributed by atoms with Gasteiger partial charge in [-0.1, -0.05) is 27.7 Å². The number of rotatable bonds is 2. The molecule has 2 rings (SSSR count). The minimum atomic E-state index is -0.355. The van der Waals surface area contributed by atoms with E-state index in [9.17, 15) is 5.11 Å². The fourth-order valence-corrected chi connectivity index (χ4v) is 2.40. The van der Waals surface area contributed by atoms with Gasteiger partial charge in [0.1, 0.15) is 11.7 Å². The van der Waals surface area contributed by atoms with Crippen molar-refractivity contribution in [1.29, 1.82) is 0 Å². The van der Waals surface area contributed by atoms with Gasteiger partial charge < -0.3 is 9.84 Å². The van der Waals surface area contributed by atoms with Gasteiger partial charge in [0.2, 0.25) is 0 Å². The van der Waals surface area contributed by atoms with Crippen LogP contribution in [-0.2, 0) is 16.9 Å². The molecule has 1 N–H and O–H groups in total. The highest BCUT2D eigenvalue weighted by molar-refractivity contribution is 5.24. The van der Waals surface area contributed by atoms with Crippen molar-refractivity contribution in [2.75, 3.05) is 6.61 Å². The number of ether oxygens (including phenoxy) is 1. The fraction of sp³-hybridized carbons (Fsp3) is 0.786. The maximum atomic E-state index is 9.27. The minimum Gasteiger partial charge on any atom is -0.394 e. The van der Waals surface area contributed by atoms with E-state index in [1.165, 1.54) is 0 Å². The van der Waals surface area contributed by atoms with Gasteiger partial charge >= 0.3 is 0 Å². The van der Waals surface area contributed by atoms with Gasteiger partial charge in [0, 0.05) is 0 Å². The van der Waals surface area contributed by atoms with Gasteiger partial charge in [0.05, 0.1) is 25.0 Å². The highest BCUT2D eigenvalue weighted by atomic mass is 16.5. The molecule has 104 valence electrons. The van der Waals surface area contributed by atoms with Crippen LogP contribution in [0.1, 0.15) is 45.9 Å². The number of hydrogen-bond donors (Lipinski definition) is 1. The van der Waals surface area contributed by atoms with Crippen LogP contribution in [0.15, 0.2) is 6.20 Å². The Labute approximate surface area is 110 Å². The predicted molar refractivity (Wildman–Crippen MR) is 72.5 cm³/mol. The summed E-state index contributed by atoms with van der Waals surface area (Å²) in [5.74, 6) is 0.344. The SMILES string of the molecule is CC.Cc1cnn2c1C(C)(C(C)C)OC(CO)C2. The van der Waals surface area contributed by atoms with E-state index in [2.05, 4.69) is 32.8 Å². The number of aliphatic hydroxyl groups excluding tert-OH is 1. The Balaban J connectivity index is 0.000000771. The molecule has 0 spiro atoms. The number of nitrogens with zero attached hydrogens (tertiary/aromatic N) is 2. The van der Waals surface area contributed by atoms with Crippen LogP contribution >= 0.6 is 0 Å². The van der Waals surface area contributed by atoms with Gasteiger partial charge in [-0.3, -0.25) is 4.68 Å². The lowest BCUT2D eigenvalue weighted by atomic mass is 9.85. The summed E-state index contributed by atoms with van der Waals surface area (Å²) in [4.78, 5) is 0. The molecule has 2 unspecified atom stereocenters. The number of aryl methyl sites for hydroxylation is 1. The maximum Gasteiger partial charge on any atom is 0.110 e. The third kappa shape index (κ3) is 2.45. The van der Waals surface area contributed by atoms with Crippen LogP contribution in [0.3, 0.4) is 0 Å². The molecule has 0 fully saturated rings. The van der Waals surface area contributed by atoms with Gasteiger partial charge in [-0.2, -0.15) is 5.10 Å². The van der Waals surface area contributed by atoms with Gasteiger partial charge in [0.15, 0.2) is 0 Å². The number of hydrogen-bond acceptors (Lipinski definition) is 3. The summed E-state index contributed by atoms with van der Waals surface area (Å²) in [6.45, 7) is 13.1. The first-order valence-electron chi connectivity index (χ1n) is 6.80. The van der Waals surface area contributed by atoms with Gasteiger partial charge in [0.25, 0.3) is 0 Å². The molecule has 0 bridgehead atoms. The summed E-state index contributed by atoms with van der Waals surface area (Å²) in [5, 5.41) is 13.6. The van der Waals surface area contributed by atoms with Crippen molar-refractivity contribution in [3.05, 3.63) is 17.5 Å². The first-order chi connectivity index (χ1) is 8.49. The molecule has 0 amide bonds. The molecule has 2 atom stereocenters. The number of fused-ring (bicyclic) bond motifs is 1. The molecular formula is C14H26N2O2. The minimum absolute atomic E-state index is 0.0423. The van der Waals surface area contributed by atoms with Crippen molar-refractivity contribution in [2.24, 2.45) is 5.92 Å². The Morgan fingerprint density at radius 3 is 2.67 bits per heavy atom. The van der Waals surface area contributed by atoms with E-state index in [-0.39, 0.29) is 18.3 Å². The van der Waals surface area contributed by atoms with E-state index in [1.54, 1.807) is 0 Å². The molecule has 0 aromatic carbocycles. The van der Waals surface area contributed by atoms with Crippen LogP contribution in [0, 0.1) is 12.8 Å². The third-order valence-electron chi connectivity index (χ3n) is 3.59. The van der Waals surface area contributed by atoms with E-state index in [0.29, 0.717) is 12.5 Å². The summed E-state index contributed by atoms with van der Waals surface area (Å²) >= 11 is 0. The van der Waals surface area contributed by atoms with Crippen LogP contribution in [0.5, 0.6) is 0 Å². The van der Waals surface area contributed by atoms with E-state index in [0.717, 1.165) is 11.3 Å². The standard InChI is InChI=1S/C12H20N2O2.C2H6/c1-8(2)12(4)11-9(3)5-13-14(11)6-10(7-15)16-12;1-2/h5,8,10,15H,6-7H2,1-4H3;1-2H3. The molecule has 18 heavy (non-hydrogen) atoms. The number of aliphatic hydroxyl groups is 1. The third-order valence-corrected chi connectivity index (χ3v) is 3.59. The van der Waals surface area contributed by atoms with Gasteiger partial charge in [-0.15, -0.1) is 0 Å². The van der Waals surface area contributed by atoms with Crippen LogP contribution in [-0.4, -0.2) is 27.6 Å². The smallest absolute Gasteiger partial charge is 0.110 e. The molecule has 0 saturated carbocycles. The molecular weight excluding hydrogens is 228 g/mol.